The van der Waals surface area contributed by atoms with Crippen molar-refractivity contribution in [3.8, 4) is 0 Å². The molecule has 1 heterocycles. The van der Waals surface area contributed by atoms with Gasteiger partial charge in [-0.25, -0.2) is 0 Å². The van der Waals surface area contributed by atoms with Crippen molar-refractivity contribution in [3.63, 3.8) is 0 Å². The summed E-state index contributed by atoms with van der Waals surface area (Å²) in [5.41, 5.74) is 0. The van der Waals surface area contributed by atoms with Gasteiger partial charge in [0.2, 0.25) is 6.29 Å². The minimum absolute atomic E-state index is 0.0203. The molecule has 0 aliphatic carbocycles. The molecule has 1 unspecified atom stereocenters. The van der Waals surface area contributed by atoms with Gasteiger partial charge in [0.05, 0.1) is 13.1 Å². The molecule has 9 heteroatoms. The number of nitrogens with zero attached hydrogens (tertiary/aromatic N) is 2. The van der Waals surface area contributed by atoms with Crippen molar-refractivity contribution in [2.75, 3.05) is 61.1 Å². The summed E-state index contributed by atoms with van der Waals surface area (Å²) in [5, 5.41) is 0. The van der Waals surface area contributed by atoms with Crippen molar-refractivity contribution in [3.05, 3.63) is 0 Å². The second kappa shape index (κ2) is 21.5. The predicted octanol–water partition coefficient (Wildman–Crippen LogP) is 4.41. The monoisotopic (exact) mass is 544 g/mol. The van der Waals surface area contributed by atoms with Crippen LogP contribution < -0.4 is 0 Å². The fourth-order valence-electron chi connectivity index (χ4n) is 4.41. The number of carbonyl (C=O) groups excluding carboxylic acids is 2. The maximum Gasteiger partial charge on any atom is 0.322 e. The standard InChI is InChI=1S/C29H56N2O7/c1-7-9-11-13-15-17-19-34-27-24(23-36-25(32)21-30(3)4)37-29(38-26(33)22-31(5)6)28(27)35-20-18-16-14-12-10-8-2/h24,27-29H,7-23H2,1-6H3/t24-,27?,28+,29+/m1/s1. The van der Waals surface area contributed by atoms with Gasteiger partial charge in [0.25, 0.3) is 0 Å². The fraction of sp³-hybridized carbons (Fsp3) is 0.931. The summed E-state index contributed by atoms with van der Waals surface area (Å²) >= 11 is 0. The van der Waals surface area contributed by atoms with E-state index >= 15 is 0 Å². The summed E-state index contributed by atoms with van der Waals surface area (Å²) in [5.74, 6) is -0.737. The van der Waals surface area contributed by atoms with E-state index in [9.17, 15) is 9.59 Å². The average molecular weight is 545 g/mol. The molecule has 0 spiro atoms. The quantitative estimate of drug-likeness (QED) is 0.137. The van der Waals surface area contributed by atoms with Gasteiger partial charge in [0, 0.05) is 13.2 Å². The number of hydrogen-bond acceptors (Lipinski definition) is 9. The molecule has 0 aromatic rings. The van der Waals surface area contributed by atoms with E-state index in [2.05, 4.69) is 13.8 Å². The van der Waals surface area contributed by atoms with Crippen molar-refractivity contribution >= 4 is 11.9 Å². The highest BCUT2D eigenvalue weighted by Crippen LogP contribution is 2.29. The summed E-state index contributed by atoms with van der Waals surface area (Å²) in [6, 6.07) is 0. The molecular formula is C29H56N2O7. The first-order chi connectivity index (χ1) is 18.3. The van der Waals surface area contributed by atoms with Crippen LogP contribution in [-0.4, -0.2) is 107 Å². The summed E-state index contributed by atoms with van der Waals surface area (Å²) < 4.78 is 29.9. The van der Waals surface area contributed by atoms with E-state index in [1.165, 1.54) is 51.4 Å². The van der Waals surface area contributed by atoms with Gasteiger partial charge in [0.1, 0.15) is 24.9 Å². The van der Waals surface area contributed by atoms with E-state index in [1.54, 1.807) is 9.80 Å². The zero-order valence-electron chi connectivity index (χ0n) is 25.1. The van der Waals surface area contributed by atoms with Crippen LogP contribution in [0.2, 0.25) is 0 Å². The molecule has 1 aliphatic heterocycles. The number of rotatable bonds is 23. The molecule has 9 nitrogen and oxygen atoms in total. The Morgan fingerprint density at radius 2 is 1.13 bits per heavy atom. The first-order valence-electron chi connectivity index (χ1n) is 14.8. The van der Waals surface area contributed by atoms with Crippen LogP contribution in [0.15, 0.2) is 0 Å². The maximum atomic E-state index is 12.5. The lowest BCUT2D eigenvalue weighted by atomic mass is 10.1. The topological polar surface area (TPSA) is 86.8 Å². The highest BCUT2D eigenvalue weighted by atomic mass is 16.7. The third kappa shape index (κ3) is 16.0. The minimum atomic E-state index is -0.908. The number of hydrogen-bond donors (Lipinski definition) is 0. The second-order valence-corrected chi connectivity index (χ2v) is 10.9. The molecule has 0 N–H and O–H groups in total. The van der Waals surface area contributed by atoms with Gasteiger partial charge in [-0.15, -0.1) is 0 Å². The zero-order chi connectivity index (χ0) is 28.2. The number of ether oxygens (including phenoxy) is 5. The van der Waals surface area contributed by atoms with E-state index in [0.29, 0.717) is 13.2 Å². The molecule has 38 heavy (non-hydrogen) atoms. The van der Waals surface area contributed by atoms with Gasteiger partial charge < -0.3 is 23.7 Å². The first-order valence-corrected chi connectivity index (χ1v) is 14.8. The van der Waals surface area contributed by atoms with Crippen molar-refractivity contribution in [1.29, 1.82) is 0 Å². The van der Waals surface area contributed by atoms with E-state index in [-0.39, 0.29) is 25.7 Å². The lowest BCUT2D eigenvalue weighted by Gasteiger charge is -2.25. The highest BCUT2D eigenvalue weighted by Gasteiger charge is 2.49. The molecule has 0 aromatic heterocycles. The normalized spacial score (nSPS) is 21.4. The Morgan fingerprint density at radius 1 is 0.658 bits per heavy atom. The Morgan fingerprint density at radius 3 is 1.66 bits per heavy atom. The molecule has 4 atom stereocenters. The Balaban J connectivity index is 2.83. The minimum Gasteiger partial charge on any atom is -0.462 e. The summed E-state index contributed by atoms with van der Waals surface area (Å²) in [4.78, 5) is 28.2. The Hall–Kier alpha value is -1.26. The van der Waals surface area contributed by atoms with E-state index in [1.807, 2.05) is 28.2 Å². The Kier molecular flexibility index (Phi) is 19.7. The molecule has 0 saturated carbocycles. The van der Waals surface area contributed by atoms with Crippen molar-refractivity contribution in [1.82, 2.24) is 9.80 Å². The van der Waals surface area contributed by atoms with Gasteiger partial charge in [-0.2, -0.15) is 0 Å². The largest absolute Gasteiger partial charge is 0.462 e. The Labute approximate surface area is 231 Å². The highest BCUT2D eigenvalue weighted by molar-refractivity contribution is 5.72. The third-order valence-electron chi connectivity index (χ3n) is 6.43. The number of unbranched alkanes of at least 4 members (excludes halogenated alkanes) is 10. The van der Waals surface area contributed by atoms with Crippen LogP contribution in [0.4, 0.5) is 0 Å². The van der Waals surface area contributed by atoms with Crippen molar-refractivity contribution < 1.29 is 33.3 Å². The van der Waals surface area contributed by atoms with Crippen LogP contribution in [0.25, 0.3) is 0 Å². The van der Waals surface area contributed by atoms with Crippen LogP contribution in [-0.2, 0) is 33.3 Å². The van der Waals surface area contributed by atoms with Crippen LogP contribution in [0.3, 0.4) is 0 Å². The SMILES string of the molecule is CCCCCCCCOC1[C@@H](COC(=O)CN(C)C)O[C@@H](OC(=O)CN(C)C)[C@H]1OCCCCCCCC. The molecule has 1 saturated heterocycles. The zero-order valence-corrected chi connectivity index (χ0v) is 25.1. The van der Waals surface area contributed by atoms with Crippen molar-refractivity contribution in [2.45, 2.75) is 115 Å². The van der Waals surface area contributed by atoms with Crippen LogP contribution in [0, 0.1) is 0 Å². The van der Waals surface area contributed by atoms with Crippen LogP contribution >= 0.6 is 0 Å². The fourth-order valence-corrected chi connectivity index (χ4v) is 4.41. The van der Waals surface area contributed by atoms with Gasteiger partial charge >= 0.3 is 11.9 Å². The average Bonchev–Trinajstić information content (AvgIpc) is 3.16. The molecule has 1 aliphatic rings. The summed E-state index contributed by atoms with van der Waals surface area (Å²) in [7, 11) is 7.24. The second-order valence-electron chi connectivity index (χ2n) is 10.9. The molecule has 1 fully saturated rings. The van der Waals surface area contributed by atoms with Gasteiger partial charge in [-0.1, -0.05) is 78.1 Å². The smallest absolute Gasteiger partial charge is 0.322 e. The number of esters is 2. The van der Waals surface area contributed by atoms with Crippen LogP contribution in [0.1, 0.15) is 90.9 Å². The number of carbonyl (C=O) groups is 2. The van der Waals surface area contributed by atoms with Crippen LogP contribution in [0.5, 0.6) is 0 Å². The number of likely N-dealkylation sites (N-methyl/N-ethyl adjacent to an activating group) is 2. The molecule has 0 aromatic carbocycles. The molecule has 1 rings (SSSR count). The predicted molar refractivity (Wildman–Crippen MR) is 149 cm³/mol. The summed E-state index contributed by atoms with van der Waals surface area (Å²) in [6.45, 7) is 5.84. The third-order valence-corrected chi connectivity index (χ3v) is 6.43. The van der Waals surface area contributed by atoms with Gasteiger partial charge in [0.15, 0.2) is 0 Å². The lowest BCUT2D eigenvalue weighted by molar-refractivity contribution is -0.197. The van der Waals surface area contributed by atoms with Crippen molar-refractivity contribution in [2.24, 2.45) is 0 Å². The van der Waals surface area contributed by atoms with Gasteiger partial charge in [-0.05, 0) is 41.0 Å². The first kappa shape index (κ1) is 34.8. The molecule has 0 bridgehead atoms. The van der Waals surface area contributed by atoms with E-state index in [4.69, 9.17) is 23.7 Å². The van der Waals surface area contributed by atoms with E-state index in [0.717, 1.165) is 25.7 Å². The molecule has 0 amide bonds. The molecule has 224 valence electrons. The molecule has 0 radical (unpaired) electrons. The van der Waals surface area contributed by atoms with Gasteiger partial charge in [-0.3, -0.25) is 19.4 Å². The lowest BCUT2D eigenvalue weighted by Crippen LogP contribution is -2.41. The Bertz CT molecular complexity index is 618. The molecular weight excluding hydrogens is 488 g/mol. The maximum absolute atomic E-state index is 12.5. The van der Waals surface area contributed by atoms with E-state index < -0.39 is 30.6 Å². The summed E-state index contributed by atoms with van der Waals surface area (Å²) in [6.07, 6.45) is 11.3.